The van der Waals surface area contributed by atoms with Crippen molar-refractivity contribution < 1.29 is 8.78 Å². The minimum Gasteiger partial charge on any atom is -0.476 e. The van der Waals surface area contributed by atoms with Crippen molar-refractivity contribution in [1.82, 2.24) is 0 Å². The fourth-order valence-electron chi connectivity index (χ4n) is 1.76. The zero-order valence-electron chi connectivity index (χ0n) is 13.5. The predicted molar refractivity (Wildman–Crippen MR) is 95.0 cm³/mol. The van der Waals surface area contributed by atoms with Crippen molar-refractivity contribution in [2.75, 3.05) is 8.60 Å². The summed E-state index contributed by atoms with van der Waals surface area (Å²) in [6.07, 6.45) is 0. The molecule has 0 aromatic heterocycles. The molecular formula is C16H22Al2F2N2. The van der Waals surface area contributed by atoms with Crippen LogP contribution in [0.4, 0.5) is 20.2 Å². The molecule has 0 fully saturated rings. The summed E-state index contributed by atoms with van der Waals surface area (Å²) in [5.41, 5.74) is 2.04. The molecule has 22 heavy (non-hydrogen) atoms. The molecule has 0 atom stereocenters. The monoisotopic (exact) mass is 334 g/mol. The van der Waals surface area contributed by atoms with Crippen LogP contribution in [0, 0.1) is 11.6 Å². The molecular weight excluding hydrogens is 312 g/mol. The van der Waals surface area contributed by atoms with Crippen LogP contribution in [0.25, 0.3) is 0 Å². The lowest BCUT2D eigenvalue weighted by Crippen LogP contribution is -2.14. The fourth-order valence-corrected chi connectivity index (χ4v) is 3.48. The Balaban J connectivity index is 0.000000220. The summed E-state index contributed by atoms with van der Waals surface area (Å²) in [6.45, 7) is 0. The van der Waals surface area contributed by atoms with E-state index in [0.29, 0.717) is 0 Å². The first-order valence-corrected chi connectivity index (χ1v) is 13.2. The van der Waals surface area contributed by atoms with Gasteiger partial charge in [-0.3, -0.25) is 0 Å². The summed E-state index contributed by atoms with van der Waals surface area (Å²) in [7, 11) is 0. The third kappa shape index (κ3) is 8.42. The molecule has 6 heteroatoms. The van der Waals surface area contributed by atoms with Gasteiger partial charge in [-0.1, -0.05) is 23.1 Å². The maximum atomic E-state index is 12.4. The van der Waals surface area contributed by atoms with Gasteiger partial charge in [0.2, 0.25) is 0 Å². The average molecular weight is 334 g/mol. The molecule has 0 saturated heterocycles. The molecule has 116 valence electrons. The highest BCUT2D eigenvalue weighted by molar-refractivity contribution is 6.59. The van der Waals surface area contributed by atoms with Gasteiger partial charge in [-0.25, -0.2) is 8.78 Å². The molecule has 0 bridgehead atoms. The largest absolute Gasteiger partial charge is 0.476 e. The first kappa shape index (κ1) is 19.0. The van der Waals surface area contributed by atoms with Crippen LogP contribution in [0.2, 0.25) is 23.1 Å². The van der Waals surface area contributed by atoms with Crippen LogP contribution in [0.3, 0.4) is 0 Å². The van der Waals surface area contributed by atoms with E-state index < -0.39 is 28.7 Å². The van der Waals surface area contributed by atoms with Crippen LogP contribution >= 0.6 is 0 Å². The molecule has 0 saturated carbocycles. The molecule has 0 spiro atoms. The highest BCUT2D eigenvalue weighted by atomic mass is 27.2. The van der Waals surface area contributed by atoms with Crippen molar-refractivity contribution in [3.05, 3.63) is 60.2 Å². The average Bonchev–Trinajstić information content (AvgIpc) is 2.44. The van der Waals surface area contributed by atoms with Crippen molar-refractivity contribution in [2.24, 2.45) is 0 Å². The smallest absolute Gasteiger partial charge is 0.404 e. The molecule has 2 N–H and O–H groups in total. The number of nitrogens with one attached hydrogen (secondary N) is 2. The van der Waals surface area contributed by atoms with Crippen LogP contribution in [0.5, 0.6) is 0 Å². The van der Waals surface area contributed by atoms with E-state index in [-0.39, 0.29) is 11.6 Å². The minimum atomic E-state index is -0.785. The van der Waals surface area contributed by atoms with Crippen LogP contribution in [0.1, 0.15) is 0 Å². The first-order chi connectivity index (χ1) is 10.4. The predicted octanol–water partition coefficient (Wildman–Crippen LogP) is 4.98. The summed E-state index contributed by atoms with van der Waals surface area (Å²) < 4.78 is 31.4. The Morgan fingerprint density at radius 3 is 1.09 bits per heavy atom. The van der Waals surface area contributed by atoms with Crippen LogP contribution in [-0.4, -0.2) is 28.7 Å². The van der Waals surface area contributed by atoms with Crippen molar-refractivity contribution >= 4 is 40.1 Å². The quantitative estimate of drug-likeness (QED) is 0.771. The van der Waals surface area contributed by atoms with Crippen molar-refractivity contribution in [3.8, 4) is 0 Å². The van der Waals surface area contributed by atoms with E-state index >= 15 is 0 Å². The number of hydrogen-bond donors (Lipinski definition) is 2. The summed E-state index contributed by atoms with van der Waals surface area (Å²) >= 11 is -1.57. The normalized spacial score (nSPS) is 9.36. The molecule has 0 unspecified atom stereocenters. The standard InChI is InChI=1S/2C6H5FN.4CH3.2Al/c2*7-5-1-3-6(8)4-2-5;;;;;;/h2*1-4,8H;4*1H3;;/q2*-1;;;;;2*+1. The molecule has 0 aliphatic rings. The third-order valence-electron chi connectivity index (χ3n) is 2.60. The maximum absolute atomic E-state index is 12.4. The molecule has 2 aromatic rings. The Morgan fingerprint density at radius 1 is 0.591 bits per heavy atom. The van der Waals surface area contributed by atoms with Gasteiger partial charge in [0.1, 0.15) is 11.6 Å². The SMILES string of the molecule is [CH3][Al]([CH3])[NH]c1ccc(F)cc1.[CH3][Al]([CH3])[NH]c1ccc(F)cc1. The summed E-state index contributed by atoms with van der Waals surface area (Å²) in [6, 6.07) is 13.0. The zero-order valence-corrected chi connectivity index (χ0v) is 15.8. The van der Waals surface area contributed by atoms with Gasteiger partial charge in [0.15, 0.2) is 0 Å². The van der Waals surface area contributed by atoms with E-state index in [1.807, 2.05) is 0 Å². The van der Waals surface area contributed by atoms with E-state index in [9.17, 15) is 8.78 Å². The van der Waals surface area contributed by atoms with Gasteiger partial charge in [-0.2, -0.15) is 0 Å². The van der Waals surface area contributed by atoms with Crippen LogP contribution < -0.4 is 8.60 Å². The molecule has 0 amide bonds. The molecule has 2 aromatic carbocycles. The highest BCUT2D eigenvalue weighted by Crippen LogP contribution is 2.09. The van der Waals surface area contributed by atoms with Crippen molar-refractivity contribution in [3.63, 3.8) is 0 Å². The number of rotatable bonds is 4. The van der Waals surface area contributed by atoms with E-state index in [1.165, 1.54) is 24.3 Å². The van der Waals surface area contributed by atoms with E-state index in [1.54, 1.807) is 24.3 Å². The van der Waals surface area contributed by atoms with Crippen molar-refractivity contribution in [2.45, 2.75) is 23.1 Å². The van der Waals surface area contributed by atoms with Crippen LogP contribution in [0.15, 0.2) is 48.5 Å². The van der Waals surface area contributed by atoms with E-state index in [0.717, 1.165) is 11.4 Å². The number of hydrogen-bond acceptors (Lipinski definition) is 2. The van der Waals surface area contributed by atoms with Crippen LogP contribution in [-0.2, 0) is 0 Å². The molecule has 2 rings (SSSR count). The Morgan fingerprint density at radius 2 is 0.864 bits per heavy atom. The molecule has 0 aliphatic carbocycles. The van der Waals surface area contributed by atoms with Gasteiger partial charge in [-0.15, -0.1) is 0 Å². The fraction of sp³-hybridized carbons (Fsp3) is 0.250. The van der Waals surface area contributed by atoms with Gasteiger partial charge in [0.05, 0.1) is 0 Å². The van der Waals surface area contributed by atoms with E-state index in [4.69, 9.17) is 0 Å². The van der Waals surface area contributed by atoms with Gasteiger partial charge in [0, 0.05) is 11.4 Å². The molecule has 0 heterocycles. The Kier molecular flexibility index (Phi) is 8.53. The lowest BCUT2D eigenvalue weighted by atomic mass is 10.3. The second-order valence-electron chi connectivity index (χ2n) is 5.61. The molecule has 0 aliphatic heterocycles. The number of anilines is 2. The Bertz CT molecular complexity index is 492. The number of benzene rings is 2. The summed E-state index contributed by atoms with van der Waals surface area (Å²) in [5, 5.41) is 0. The van der Waals surface area contributed by atoms with Gasteiger partial charge < -0.3 is 8.60 Å². The maximum Gasteiger partial charge on any atom is 0.404 e. The summed E-state index contributed by atoms with van der Waals surface area (Å²) in [5.74, 6) is 8.38. The highest BCUT2D eigenvalue weighted by Gasteiger charge is 2.02. The summed E-state index contributed by atoms with van der Waals surface area (Å²) in [4.78, 5) is 0. The third-order valence-corrected chi connectivity index (χ3v) is 4.42. The minimum absolute atomic E-state index is 0.180. The number of halogens is 2. The lowest BCUT2D eigenvalue weighted by Gasteiger charge is -2.05. The van der Waals surface area contributed by atoms with Gasteiger partial charge in [-0.05, 0) is 48.5 Å². The zero-order chi connectivity index (χ0) is 16.5. The Labute approximate surface area is 140 Å². The molecule has 2 nitrogen and oxygen atoms in total. The van der Waals surface area contributed by atoms with Crippen molar-refractivity contribution in [1.29, 1.82) is 0 Å². The Hall–Kier alpha value is -1.04. The lowest BCUT2D eigenvalue weighted by molar-refractivity contribution is 0.627. The molecule has 0 radical (unpaired) electrons. The van der Waals surface area contributed by atoms with E-state index in [2.05, 4.69) is 31.7 Å². The van der Waals surface area contributed by atoms with Gasteiger partial charge in [0.25, 0.3) is 0 Å². The topological polar surface area (TPSA) is 24.1 Å². The second-order valence-corrected chi connectivity index (χ2v) is 10.8. The van der Waals surface area contributed by atoms with Gasteiger partial charge >= 0.3 is 28.7 Å². The second kappa shape index (κ2) is 9.88. The first-order valence-electron chi connectivity index (χ1n) is 7.41.